The van der Waals surface area contributed by atoms with Gasteiger partial charge in [0, 0.05) is 5.33 Å². The van der Waals surface area contributed by atoms with Crippen LogP contribution in [-0.2, 0) is 0 Å². The van der Waals surface area contributed by atoms with Gasteiger partial charge in [0.25, 0.3) is 0 Å². The van der Waals surface area contributed by atoms with E-state index >= 15 is 0 Å². The molecule has 0 heterocycles. The van der Waals surface area contributed by atoms with Crippen LogP contribution >= 0.6 is 32.9 Å². The van der Waals surface area contributed by atoms with Crippen LogP contribution in [0.2, 0.25) is 0 Å². The molecule has 0 radical (unpaired) electrons. The fraction of sp³-hybridized carbons (Fsp3) is 1.00. The second-order valence-corrected chi connectivity index (χ2v) is 1.98. The summed E-state index contributed by atoms with van der Waals surface area (Å²) in [5.74, 6) is 0. The smallest absolute Gasteiger partial charge is 0.00286 e. The molecule has 0 aromatic heterocycles. The van der Waals surface area contributed by atoms with Crippen molar-refractivity contribution >= 4 is 32.9 Å². The number of hydrogen-bond donors (Lipinski definition) is 1. The molecule has 0 unspecified atom stereocenters. The van der Waals surface area contributed by atoms with Gasteiger partial charge in [-0.3, -0.25) is 0 Å². The highest BCUT2D eigenvalue weighted by Crippen LogP contribution is 1.80. The van der Waals surface area contributed by atoms with Gasteiger partial charge in [0.15, 0.2) is 0 Å². The lowest BCUT2D eigenvalue weighted by atomic mass is 10.6. The molecule has 3 heteroatoms. The minimum atomic E-state index is 0. The first-order valence-corrected chi connectivity index (χ1v) is 3.60. The van der Waals surface area contributed by atoms with E-state index in [1.165, 1.54) is 6.42 Å². The van der Waals surface area contributed by atoms with Gasteiger partial charge < -0.3 is 5.32 Å². The van der Waals surface area contributed by atoms with Gasteiger partial charge in [0.1, 0.15) is 0 Å². The van der Waals surface area contributed by atoms with Crippen molar-refractivity contribution in [3.05, 3.63) is 0 Å². The van der Waals surface area contributed by atoms with E-state index in [4.69, 9.17) is 0 Å². The molecule has 0 aliphatic rings. The molecular formula is C5H15Br2N. The summed E-state index contributed by atoms with van der Waals surface area (Å²) in [5, 5.41) is 3.88. The molecule has 0 saturated heterocycles. The lowest BCUT2D eigenvalue weighted by Gasteiger charge is -1.66. The van der Waals surface area contributed by atoms with Crippen molar-refractivity contribution in [2.75, 3.05) is 19.4 Å². The van der Waals surface area contributed by atoms with Crippen LogP contribution in [0.25, 0.3) is 0 Å². The van der Waals surface area contributed by atoms with E-state index in [1.54, 1.807) is 0 Å². The second-order valence-electron chi connectivity index (χ2n) is 1.19. The maximum atomic E-state index is 3.25. The fourth-order valence-corrected chi connectivity index (χ4v) is 0. The first-order valence-electron chi connectivity index (χ1n) is 2.47. The number of rotatable bonds is 1. The monoisotopic (exact) mass is 247 g/mol. The predicted octanol–water partition coefficient (Wildman–Crippen LogP) is 2.20. The van der Waals surface area contributed by atoms with Crippen molar-refractivity contribution in [3.63, 3.8) is 0 Å². The summed E-state index contributed by atoms with van der Waals surface area (Å²) in [7, 11) is 3.75. The van der Waals surface area contributed by atoms with Gasteiger partial charge in [0.05, 0.1) is 0 Å². The summed E-state index contributed by atoms with van der Waals surface area (Å²) in [6.45, 7) is 2.13. The summed E-state index contributed by atoms with van der Waals surface area (Å²) in [6, 6.07) is 0. The van der Waals surface area contributed by atoms with Crippen molar-refractivity contribution < 1.29 is 0 Å². The summed E-state index contributed by atoms with van der Waals surface area (Å²) in [4.78, 5) is 0. The molecule has 1 nitrogen and oxygen atoms in total. The summed E-state index contributed by atoms with van der Waals surface area (Å²) in [5.41, 5.74) is 0. The van der Waals surface area contributed by atoms with Crippen LogP contribution in [-0.4, -0.2) is 19.4 Å². The minimum Gasteiger partial charge on any atom is -0.323 e. The van der Waals surface area contributed by atoms with E-state index in [1.807, 2.05) is 14.1 Å². The molecule has 0 spiro atoms. The van der Waals surface area contributed by atoms with Gasteiger partial charge >= 0.3 is 0 Å². The van der Waals surface area contributed by atoms with Gasteiger partial charge in [-0.05, 0) is 20.5 Å². The Hall–Kier alpha value is 0.920. The van der Waals surface area contributed by atoms with Gasteiger partial charge in [-0.2, -0.15) is 0 Å². The highest BCUT2D eigenvalue weighted by Gasteiger charge is 1.58. The van der Waals surface area contributed by atoms with Crippen LogP contribution < -0.4 is 5.32 Å². The van der Waals surface area contributed by atoms with Gasteiger partial charge in [-0.15, -0.1) is 17.0 Å². The minimum absolute atomic E-state index is 0. The normalized spacial score (nSPS) is 6.00. The Morgan fingerprint density at radius 1 is 1.38 bits per heavy atom. The molecule has 8 heavy (non-hydrogen) atoms. The second kappa shape index (κ2) is 24.7. The molecule has 0 aliphatic carbocycles. The van der Waals surface area contributed by atoms with E-state index in [9.17, 15) is 0 Å². The molecule has 0 bridgehead atoms. The molecule has 54 valence electrons. The zero-order valence-electron chi connectivity index (χ0n) is 5.70. The average molecular weight is 249 g/mol. The Balaban J connectivity index is -0.0000000575. The SMILES string of the molecule is Br.CCCBr.CNC. The quantitative estimate of drug-likeness (QED) is 0.702. The Bertz CT molecular complexity index is 17.9. The van der Waals surface area contributed by atoms with Crippen LogP contribution in [0.4, 0.5) is 0 Å². The molecule has 0 rings (SSSR count). The summed E-state index contributed by atoms with van der Waals surface area (Å²) >= 11 is 3.25. The summed E-state index contributed by atoms with van der Waals surface area (Å²) in [6.07, 6.45) is 1.24. The van der Waals surface area contributed by atoms with Crippen molar-refractivity contribution in [2.24, 2.45) is 0 Å². The number of nitrogens with one attached hydrogen (secondary N) is 1. The van der Waals surface area contributed by atoms with Gasteiger partial charge in [-0.1, -0.05) is 22.9 Å². The van der Waals surface area contributed by atoms with Crippen LogP contribution in [0.3, 0.4) is 0 Å². The van der Waals surface area contributed by atoms with E-state index in [0.29, 0.717) is 0 Å². The van der Waals surface area contributed by atoms with Gasteiger partial charge in [0.2, 0.25) is 0 Å². The zero-order valence-corrected chi connectivity index (χ0v) is 9.00. The molecule has 0 saturated carbocycles. The fourth-order valence-electron chi connectivity index (χ4n) is 0. The third-order valence-corrected chi connectivity index (χ3v) is 0.982. The van der Waals surface area contributed by atoms with Crippen molar-refractivity contribution in [3.8, 4) is 0 Å². The van der Waals surface area contributed by atoms with Crippen molar-refractivity contribution in [1.29, 1.82) is 0 Å². The summed E-state index contributed by atoms with van der Waals surface area (Å²) < 4.78 is 0. The maximum Gasteiger partial charge on any atom is 0.00286 e. The molecule has 0 atom stereocenters. The topological polar surface area (TPSA) is 12.0 Å². The number of halogens is 2. The Morgan fingerprint density at radius 3 is 1.50 bits per heavy atom. The van der Waals surface area contributed by atoms with Crippen LogP contribution in [0.1, 0.15) is 13.3 Å². The highest BCUT2D eigenvalue weighted by molar-refractivity contribution is 9.09. The Kier molecular flexibility index (Phi) is 49.3. The molecule has 0 aromatic carbocycles. The molecule has 0 amide bonds. The standard InChI is InChI=1S/C3H7Br.C2H7N.BrH/c1-2-3-4;1-3-2;/h2-3H2,1H3;3H,1-2H3;1H. The van der Waals surface area contributed by atoms with Gasteiger partial charge in [-0.25, -0.2) is 0 Å². The van der Waals surface area contributed by atoms with Crippen LogP contribution in [0, 0.1) is 0 Å². The lowest BCUT2D eigenvalue weighted by molar-refractivity contribution is 1.02. The largest absolute Gasteiger partial charge is 0.323 e. The van der Waals surface area contributed by atoms with E-state index in [2.05, 4.69) is 28.2 Å². The lowest BCUT2D eigenvalue weighted by Crippen LogP contribution is -1.89. The highest BCUT2D eigenvalue weighted by atomic mass is 79.9. The predicted molar refractivity (Wildman–Crippen MR) is 49.4 cm³/mol. The Morgan fingerprint density at radius 2 is 1.50 bits per heavy atom. The first-order chi connectivity index (χ1) is 3.33. The molecule has 0 fully saturated rings. The maximum absolute atomic E-state index is 3.25. The van der Waals surface area contributed by atoms with Crippen LogP contribution in [0.5, 0.6) is 0 Å². The molecular weight excluding hydrogens is 234 g/mol. The number of hydrogen-bond acceptors (Lipinski definition) is 1. The zero-order chi connectivity index (χ0) is 6.12. The average Bonchev–Trinajstić information content (AvgIpc) is 1.69. The molecule has 0 aromatic rings. The van der Waals surface area contributed by atoms with Crippen molar-refractivity contribution in [1.82, 2.24) is 5.32 Å². The van der Waals surface area contributed by atoms with Crippen molar-refractivity contribution in [2.45, 2.75) is 13.3 Å². The Labute approximate surface area is 71.1 Å². The molecule has 0 aliphatic heterocycles. The van der Waals surface area contributed by atoms with E-state index in [0.717, 1.165) is 5.33 Å². The molecule has 1 N–H and O–H groups in total. The first kappa shape index (κ1) is 16.0. The van der Waals surface area contributed by atoms with E-state index < -0.39 is 0 Å². The van der Waals surface area contributed by atoms with E-state index in [-0.39, 0.29) is 17.0 Å². The third kappa shape index (κ3) is 65.8. The third-order valence-electron chi connectivity index (χ3n) is 0.189. The van der Waals surface area contributed by atoms with Crippen LogP contribution in [0.15, 0.2) is 0 Å². The number of alkyl halides is 1.